The molecule has 0 spiro atoms. The van der Waals surface area contributed by atoms with Crippen molar-refractivity contribution in [3.05, 3.63) is 29.8 Å². The van der Waals surface area contributed by atoms with Gasteiger partial charge >= 0.3 is 0 Å². The Kier molecular flexibility index (Phi) is 4.28. The van der Waals surface area contributed by atoms with Gasteiger partial charge in [-0.05, 0) is 36.8 Å². The van der Waals surface area contributed by atoms with Gasteiger partial charge in [0.05, 0.1) is 0 Å². The number of nitrogens with one attached hydrogen (secondary N) is 1. The molecule has 4 heteroatoms. The van der Waals surface area contributed by atoms with Crippen LogP contribution < -0.4 is 5.32 Å². The summed E-state index contributed by atoms with van der Waals surface area (Å²) in [5.41, 5.74) is 0.152. The van der Waals surface area contributed by atoms with E-state index in [2.05, 4.69) is 17.2 Å². The molecule has 0 aromatic carbocycles. The predicted molar refractivity (Wildman–Crippen MR) is 67.7 cm³/mol. The number of nitrogens with zero attached hydrogens (tertiary/aromatic N) is 1. The third-order valence-corrected chi connectivity index (χ3v) is 3.63. The van der Waals surface area contributed by atoms with E-state index in [1.54, 1.807) is 0 Å². The van der Waals surface area contributed by atoms with Crippen LogP contribution in [0, 0.1) is 17.8 Å². The number of hydrogen-bond acceptors (Lipinski definition) is 2. The molecule has 1 heterocycles. The molecule has 1 fully saturated rings. The molecule has 2 rings (SSSR count). The van der Waals surface area contributed by atoms with Crippen LogP contribution in [0.25, 0.3) is 0 Å². The standard InChI is InChI=1S/C14H19FN2O/c1-10-5-7-11(8-6-10)9-16-14(18)12-3-2-4-13(15)17-12/h2-4,10-11H,5-9H2,1H3,(H,16,18). The number of rotatable bonds is 3. The Balaban J connectivity index is 1.81. The lowest BCUT2D eigenvalue weighted by Gasteiger charge is -2.26. The molecule has 0 radical (unpaired) electrons. The van der Waals surface area contributed by atoms with E-state index < -0.39 is 5.95 Å². The summed E-state index contributed by atoms with van der Waals surface area (Å²) in [7, 11) is 0. The van der Waals surface area contributed by atoms with Gasteiger partial charge in [0.15, 0.2) is 0 Å². The fraction of sp³-hybridized carbons (Fsp3) is 0.571. The van der Waals surface area contributed by atoms with E-state index in [9.17, 15) is 9.18 Å². The van der Waals surface area contributed by atoms with E-state index in [4.69, 9.17) is 0 Å². The fourth-order valence-electron chi connectivity index (χ4n) is 2.40. The van der Waals surface area contributed by atoms with Crippen LogP contribution in [0.3, 0.4) is 0 Å². The van der Waals surface area contributed by atoms with Crippen LogP contribution in [-0.4, -0.2) is 17.4 Å². The van der Waals surface area contributed by atoms with E-state index in [0.29, 0.717) is 12.5 Å². The Hall–Kier alpha value is -1.45. The number of carbonyl (C=O) groups is 1. The van der Waals surface area contributed by atoms with Crippen LogP contribution in [0.2, 0.25) is 0 Å². The van der Waals surface area contributed by atoms with Gasteiger partial charge in [-0.3, -0.25) is 4.79 Å². The van der Waals surface area contributed by atoms with Crippen molar-refractivity contribution in [1.82, 2.24) is 10.3 Å². The Bertz CT molecular complexity index is 414. The first-order valence-corrected chi connectivity index (χ1v) is 6.56. The highest BCUT2D eigenvalue weighted by molar-refractivity contribution is 5.92. The maximum atomic E-state index is 12.9. The van der Waals surface area contributed by atoms with Crippen LogP contribution in [0.15, 0.2) is 18.2 Å². The molecule has 1 saturated carbocycles. The van der Waals surface area contributed by atoms with Gasteiger partial charge in [-0.25, -0.2) is 4.98 Å². The average molecular weight is 250 g/mol. The molecule has 0 bridgehead atoms. The van der Waals surface area contributed by atoms with E-state index in [-0.39, 0.29) is 11.6 Å². The first-order valence-electron chi connectivity index (χ1n) is 6.56. The molecule has 3 nitrogen and oxygen atoms in total. The summed E-state index contributed by atoms with van der Waals surface area (Å²) < 4.78 is 12.9. The van der Waals surface area contributed by atoms with Crippen molar-refractivity contribution in [2.75, 3.05) is 6.54 Å². The Morgan fingerprint density at radius 2 is 2.11 bits per heavy atom. The molecule has 1 amide bonds. The summed E-state index contributed by atoms with van der Waals surface area (Å²) in [6, 6.07) is 4.26. The second kappa shape index (κ2) is 5.94. The summed E-state index contributed by atoms with van der Waals surface area (Å²) in [5, 5.41) is 2.84. The molecule has 18 heavy (non-hydrogen) atoms. The van der Waals surface area contributed by atoms with Gasteiger partial charge < -0.3 is 5.32 Å². The normalized spacial score (nSPS) is 23.7. The molecule has 1 aliphatic carbocycles. The third kappa shape index (κ3) is 3.52. The van der Waals surface area contributed by atoms with Crippen molar-refractivity contribution in [3.63, 3.8) is 0 Å². The van der Waals surface area contributed by atoms with Crippen molar-refractivity contribution in [3.8, 4) is 0 Å². The van der Waals surface area contributed by atoms with Gasteiger partial charge in [-0.1, -0.05) is 25.8 Å². The zero-order valence-electron chi connectivity index (χ0n) is 10.7. The first kappa shape index (κ1) is 13.0. The minimum absolute atomic E-state index is 0.152. The number of hydrogen-bond donors (Lipinski definition) is 1. The maximum Gasteiger partial charge on any atom is 0.270 e. The van der Waals surface area contributed by atoms with E-state index in [0.717, 1.165) is 18.8 Å². The van der Waals surface area contributed by atoms with Crippen molar-refractivity contribution in [1.29, 1.82) is 0 Å². The Morgan fingerprint density at radius 1 is 1.39 bits per heavy atom. The molecule has 1 aromatic heterocycles. The van der Waals surface area contributed by atoms with Gasteiger partial charge in [0.2, 0.25) is 5.95 Å². The SMILES string of the molecule is CC1CCC(CNC(=O)c2cccc(F)n2)CC1. The van der Waals surface area contributed by atoms with Crippen LogP contribution in [0.5, 0.6) is 0 Å². The average Bonchev–Trinajstić information content (AvgIpc) is 2.38. The van der Waals surface area contributed by atoms with E-state index in [1.807, 2.05) is 0 Å². The monoisotopic (exact) mass is 250 g/mol. The molecule has 1 aliphatic rings. The zero-order chi connectivity index (χ0) is 13.0. The van der Waals surface area contributed by atoms with Crippen molar-refractivity contribution >= 4 is 5.91 Å². The first-order chi connectivity index (χ1) is 8.65. The highest BCUT2D eigenvalue weighted by Gasteiger charge is 2.19. The van der Waals surface area contributed by atoms with E-state index >= 15 is 0 Å². The lowest BCUT2D eigenvalue weighted by molar-refractivity contribution is 0.0935. The van der Waals surface area contributed by atoms with Crippen molar-refractivity contribution in [2.24, 2.45) is 11.8 Å². The minimum atomic E-state index is -0.617. The lowest BCUT2D eigenvalue weighted by Crippen LogP contribution is -2.31. The largest absolute Gasteiger partial charge is 0.350 e. The summed E-state index contributed by atoms with van der Waals surface area (Å²) in [5.74, 6) is 0.461. The molecule has 1 N–H and O–H groups in total. The summed E-state index contributed by atoms with van der Waals surface area (Å²) >= 11 is 0. The predicted octanol–water partition coefficient (Wildman–Crippen LogP) is 2.78. The summed E-state index contributed by atoms with van der Waals surface area (Å²) in [6.45, 7) is 2.94. The molecule has 0 saturated heterocycles. The Morgan fingerprint density at radius 3 is 2.78 bits per heavy atom. The quantitative estimate of drug-likeness (QED) is 0.838. The number of aromatic nitrogens is 1. The van der Waals surface area contributed by atoms with Crippen molar-refractivity contribution < 1.29 is 9.18 Å². The Labute approximate surface area is 107 Å². The van der Waals surface area contributed by atoms with Gasteiger partial charge in [0.25, 0.3) is 5.91 Å². The molecule has 0 aliphatic heterocycles. The highest BCUT2D eigenvalue weighted by atomic mass is 19.1. The van der Waals surface area contributed by atoms with Crippen LogP contribution in [0.4, 0.5) is 4.39 Å². The van der Waals surface area contributed by atoms with Crippen molar-refractivity contribution in [2.45, 2.75) is 32.6 Å². The second-order valence-electron chi connectivity index (χ2n) is 5.18. The lowest BCUT2D eigenvalue weighted by atomic mass is 9.83. The van der Waals surface area contributed by atoms with Crippen LogP contribution in [-0.2, 0) is 0 Å². The van der Waals surface area contributed by atoms with Gasteiger partial charge in [0.1, 0.15) is 5.69 Å². The summed E-state index contributed by atoms with van der Waals surface area (Å²) in [4.78, 5) is 15.3. The van der Waals surface area contributed by atoms with Crippen LogP contribution >= 0.6 is 0 Å². The number of pyridine rings is 1. The summed E-state index contributed by atoms with van der Waals surface area (Å²) in [6.07, 6.45) is 4.80. The molecule has 0 unspecified atom stereocenters. The fourth-order valence-corrected chi connectivity index (χ4v) is 2.40. The van der Waals surface area contributed by atoms with Gasteiger partial charge in [-0.15, -0.1) is 0 Å². The second-order valence-corrected chi connectivity index (χ2v) is 5.18. The molecule has 1 aromatic rings. The van der Waals surface area contributed by atoms with E-state index in [1.165, 1.54) is 31.0 Å². The number of halogens is 1. The number of amides is 1. The zero-order valence-corrected chi connectivity index (χ0v) is 10.7. The van der Waals surface area contributed by atoms with Gasteiger partial charge in [-0.2, -0.15) is 4.39 Å². The highest BCUT2D eigenvalue weighted by Crippen LogP contribution is 2.27. The minimum Gasteiger partial charge on any atom is -0.350 e. The third-order valence-electron chi connectivity index (χ3n) is 3.63. The molecular formula is C14H19FN2O. The molecular weight excluding hydrogens is 231 g/mol. The maximum absolute atomic E-state index is 12.9. The molecule has 0 atom stereocenters. The topological polar surface area (TPSA) is 42.0 Å². The molecule has 98 valence electrons. The smallest absolute Gasteiger partial charge is 0.270 e. The van der Waals surface area contributed by atoms with Gasteiger partial charge in [0, 0.05) is 6.54 Å². The number of carbonyl (C=O) groups excluding carboxylic acids is 1. The van der Waals surface area contributed by atoms with Crippen LogP contribution in [0.1, 0.15) is 43.1 Å².